The van der Waals surface area contributed by atoms with Crippen LogP contribution < -0.4 is 10.1 Å². The number of amides is 1. The van der Waals surface area contributed by atoms with Crippen LogP contribution in [-0.4, -0.2) is 23.6 Å². The Morgan fingerprint density at radius 2 is 2.04 bits per heavy atom. The second-order valence-electron chi connectivity index (χ2n) is 6.21. The number of halogens is 1. The third-order valence-corrected chi connectivity index (χ3v) is 3.99. The van der Waals surface area contributed by atoms with Gasteiger partial charge in [-0.05, 0) is 57.9 Å². The topological polar surface area (TPSA) is 43.3 Å². The number of rotatable bonds is 7. The zero-order valence-electron chi connectivity index (χ0n) is 14.7. The molecule has 1 aromatic heterocycles. The van der Waals surface area contributed by atoms with E-state index in [2.05, 4.69) is 43.6 Å². The van der Waals surface area contributed by atoms with Gasteiger partial charge in [-0.3, -0.25) is 4.79 Å². The van der Waals surface area contributed by atoms with E-state index >= 15 is 0 Å². The molecule has 24 heavy (non-hydrogen) atoms. The Balaban J connectivity index is 1.80. The van der Waals surface area contributed by atoms with Gasteiger partial charge in [-0.25, -0.2) is 4.39 Å². The molecule has 0 fully saturated rings. The van der Waals surface area contributed by atoms with Crippen molar-refractivity contribution in [3.05, 3.63) is 53.1 Å². The fraction of sp³-hybridized carbons (Fsp3) is 0.421. The average Bonchev–Trinajstić information content (AvgIpc) is 2.79. The van der Waals surface area contributed by atoms with Crippen LogP contribution in [0.25, 0.3) is 0 Å². The summed E-state index contributed by atoms with van der Waals surface area (Å²) in [5.74, 6) is -0.240. The Bertz CT molecular complexity index is 707. The molecule has 0 atom stereocenters. The van der Waals surface area contributed by atoms with Crippen molar-refractivity contribution >= 4 is 5.91 Å². The molecule has 4 nitrogen and oxygen atoms in total. The number of ether oxygens (including phenoxy) is 1. The number of aromatic nitrogens is 1. The summed E-state index contributed by atoms with van der Waals surface area (Å²) in [6.45, 7) is 8.96. The summed E-state index contributed by atoms with van der Waals surface area (Å²) in [5.41, 5.74) is 3.72. The lowest BCUT2D eigenvalue weighted by Crippen LogP contribution is -2.30. The fourth-order valence-corrected chi connectivity index (χ4v) is 2.99. The van der Waals surface area contributed by atoms with Gasteiger partial charge < -0.3 is 14.6 Å². The molecular weight excluding hydrogens is 307 g/mol. The number of nitrogens with one attached hydrogen (secondary N) is 1. The Labute approximate surface area is 142 Å². The minimum atomic E-state index is -0.381. The molecular formula is C19H25FN2O2. The van der Waals surface area contributed by atoms with E-state index in [-0.39, 0.29) is 18.3 Å². The highest BCUT2D eigenvalue weighted by Crippen LogP contribution is 2.20. The van der Waals surface area contributed by atoms with Crippen LogP contribution in [0.3, 0.4) is 0 Å². The lowest BCUT2D eigenvalue weighted by Gasteiger charge is -2.14. The van der Waals surface area contributed by atoms with E-state index in [1.54, 1.807) is 12.1 Å². The van der Waals surface area contributed by atoms with E-state index in [0.29, 0.717) is 18.3 Å². The van der Waals surface area contributed by atoms with Crippen molar-refractivity contribution in [2.45, 2.75) is 40.2 Å². The molecule has 1 heterocycles. The fourth-order valence-electron chi connectivity index (χ4n) is 2.99. The molecule has 0 radical (unpaired) electrons. The largest absolute Gasteiger partial charge is 0.484 e. The molecule has 2 aromatic rings. The van der Waals surface area contributed by atoms with Gasteiger partial charge in [0.1, 0.15) is 11.6 Å². The van der Waals surface area contributed by atoms with E-state index < -0.39 is 0 Å². The van der Waals surface area contributed by atoms with Gasteiger partial charge in [0.25, 0.3) is 5.91 Å². The standard InChI is InChI=1S/C19H25FN2O2/c1-13(2)22-14(3)10-16(15(22)4)8-9-21-19(23)12-24-18-7-5-6-17(20)11-18/h5-7,10-11,13H,8-9,12H2,1-4H3,(H,21,23). The minimum Gasteiger partial charge on any atom is -0.484 e. The van der Waals surface area contributed by atoms with E-state index in [1.807, 2.05) is 0 Å². The molecule has 0 unspecified atom stereocenters. The van der Waals surface area contributed by atoms with E-state index in [9.17, 15) is 9.18 Å². The molecule has 0 spiro atoms. The van der Waals surface area contributed by atoms with Gasteiger partial charge >= 0.3 is 0 Å². The summed E-state index contributed by atoms with van der Waals surface area (Å²) in [6, 6.07) is 8.36. The van der Waals surface area contributed by atoms with Crippen LogP contribution in [0.2, 0.25) is 0 Å². The maximum atomic E-state index is 13.0. The number of hydrogen-bond acceptors (Lipinski definition) is 2. The van der Waals surface area contributed by atoms with Crippen LogP contribution in [0.5, 0.6) is 5.75 Å². The summed E-state index contributed by atoms with van der Waals surface area (Å²) in [7, 11) is 0. The molecule has 0 aliphatic carbocycles. The minimum absolute atomic E-state index is 0.117. The maximum Gasteiger partial charge on any atom is 0.257 e. The first kappa shape index (κ1) is 18.0. The number of carbonyl (C=O) groups is 1. The quantitative estimate of drug-likeness (QED) is 0.842. The number of aryl methyl sites for hydroxylation is 1. The molecule has 0 aliphatic rings. The van der Waals surface area contributed by atoms with Gasteiger partial charge in [0.15, 0.2) is 6.61 Å². The Kier molecular flexibility index (Phi) is 6.01. The van der Waals surface area contributed by atoms with Gasteiger partial charge in [0.05, 0.1) is 0 Å². The first-order valence-electron chi connectivity index (χ1n) is 8.21. The van der Waals surface area contributed by atoms with Crippen LogP contribution in [0.1, 0.15) is 36.8 Å². The number of benzene rings is 1. The van der Waals surface area contributed by atoms with Crippen molar-refractivity contribution in [2.75, 3.05) is 13.2 Å². The summed E-state index contributed by atoms with van der Waals surface area (Å²) < 4.78 is 20.6. The highest BCUT2D eigenvalue weighted by molar-refractivity contribution is 5.77. The SMILES string of the molecule is Cc1cc(CCNC(=O)COc2cccc(F)c2)c(C)n1C(C)C. The highest BCUT2D eigenvalue weighted by atomic mass is 19.1. The van der Waals surface area contributed by atoms with Crippen molar-refractivity contribution in [1.82, 2.24) is 9.88 Å². The molecule has 5 heteroatoms. The molecule has 0 saturated carbocycles. The van der Waals surface area contributed by atoms with Crippen LogP contribution in [0.4, 0.5) is 4.39 Å². The van der Waals surface area contributed by atoms with Gasteiger partial charge in [-0.15, -0.1) is 0 Å². The highest BCUT2D eigenvalue weighted by Gasteiger charge is 2.11. The van der Waals surface area contributed by atoms with Crippen molar-refractivity contribution in [2.24, 2.45) is 0 Å². The monoisotopic (exact) mass is 332 g/mol. The van der Waals surface area contributed by atoms with Crippen molar-refractivity contribution < 1.29 is 13.9 Å². The van der Waals surface area contributed by atoms with E-state index in [4.69, 9.17) is 4.74 Å². The first-order valence-corrected chi connectivity index (χ1v) is 8.21. The second-order valence-corrected chi connectivity index (χ2v) is 6.21. The molecule has 2 rings (SSSR count). The number of nitrogens with zero attached hydrogens (tertiary/aromatic N) is 1. The molecule has 1 aromatic carbocycles. The van der Waals surface area contributed by atoms with Gasteiger partial charge in [-0.1, -0.05) is 6.07 Å². The lowest BCUT2D eigenvalue weighted by molar-refractivity contribution is -0.123. The van der Waals surface area contributed by atoms with Crippen LogP contribution in [0, 0.1) is 19.7 Å². The van der Waals surface area contributed by atoms with Gasteiger partial charge in [0.2, 0.25) is 0 Å². The molecule has 130 valence electrons. The summed E-state index contributed by atoms with van der Waals surface area (Å²) in [4.78, 5) is 11.8. The van der Waals surface area contributed by atoms with Crippen molar-refractivity contribution in [3.8, 4) is 5.75 Å². The number of carbonyl (C=O) groups excluding carboxylic acids is 1. The summed E-state index contributed by atoms with van der Waals surface area (Å²) in [6.07, 6.45) is 0.776. The summed E-state index contributed by atoms with van der Waals surface area (Å²) in [5, 5.41) is 2.83. The normalized spacial score (nSPS) is 10.9. The second kappa shape index (κ2) is 7.99. The van der Waals surface area contributed by atoms with Crippen molar-refractivity contribution in [3.63, 3.8) is 0 Å². The predicted octanol–water partition coefficient (Wildman–Crippen LogP) is 3.56. The lowest BCUT2D eigenvalue weighted by atomic mass is 10.2. The average molecular weight is 332 g/mol. The molecule has 0 saturated heterocycles. The van der Waals surface area contributed by atoms with E-state index in [1.165, 1.54) is 29.1 Å². The smallest absolute Gasteiger partial charge is 0.257 e. The Morgan fingerprint density at radius 1 is 1.29 bits per heavy atom. The van der Waals surface area contributed by atoms with Crippen LogP contribution in [-0.2, 0) is 11.2 Å². The maximum absolute atomic E-state index is 13.0. The first-order chi connectivity index (χ1) is 11.4. The number of hydrogen-bond donors (Lipinski definition) is 1. The Morgan fingerprint density at radius 3 is 2.67 bits per heavy atom. The van der Waals surface area contributed by atoms with Crippen LogP contribution >= 0.6 is 0 Å². The molecule has 1 N–H and O–H groups in total. The van der Waals surface area contributed by atoms with E-state index in [0.717, 1.165) is 6.42 Å². The zero-order valence-corrected chi connectivity index (χ0v) is 14.7. The zero-order chi connectivity index (χ0) is 17.7. The molecule has 1 amide bonds. The van der Waals surface area contributed by atoms with Crippen molar-refractivity contribution in [1.29, 1.82) is 0 Å². The predicted molar refractivity (Wildman–Crippen MR) is 92.9 cm³/mol. The third kappa shape index (κ3) is 4.60. The molecule has 0 bridgehead atoms. The molecule has 0 aliphatic heterocycles. The van der Waals surface area contributed by atoms with Crippen LogP contribution in [0.15, 0.2) is 30.3 Å². The Hall–Kier alpha value is -2.30. The summed E-state index contributed by atoms with van der Waals surface area (Å²) >= 11 is 0. The van der Waals surface area contributed by atoms with Gasteiger partial charge in [-0.2, -0.15) is 0 Å². The van der Waals surface area contributed by atoms with Gasteiger partial charge in [0, 0.05) is 30.0 Å². The third-order valence-electron chi connectivity index (χ3n) is 3.99.